The van der Waals surface area contributed by atoms with Crippen molar-refractivity contribution in [3.63, 3.8) is 0 Å². The molecule has 1 aromatic rings. The lowest BCUT2D eigenvalue weighted by Crippen LogP contribution is -2.54. The maximum absolute atomic E-state index is 12.7. The first-order valence-electron chi connectivity index (χ1n) is 8.72. The lowest BCUT2D eigenvalue weighted by Gasteiger charge is -2.53. The summed E-state index contributed by atoms with van der Waals surface area (Å²) in [5, 5.41) is 1.37. The van der Waals surface area contributed by atoms with Crippen molar-refractivity contribution in [3.05, 3.63) is 29.8 Å². The van der Waals surface area contributed by atoms with Gasteiger partial charge in [-0.25, -0.2) is 0 Å². The van der Waals surface area contributed by atoms with Crippen molar-refractivity contribution in [1.29, 1.82) is 0 Å². The minimum atomic E-state index is -3.64. The molecule has 0 N–H and O–H groups in total. The summed E-state index contributed by atoms with van der Waals surface area (Å²) < 4.78 is 31.4. The molecule has 6 aliphatic rings. The van der Waals surface area contributed by atoms with Gasteiger partial charge in [0.1, 0.15) is 0 Å². The van der Waals surface area contributed by atoms with Crippen LogP contribution < -0.4 is 0 Å². The molecule has 1 saturated heterocycles. The molecule has 9 atom stereocenters. The van der Waals surface area contributed by atoms with E-state index in [2.05, 4.69) is 11.8 Å². The molecule has 1 aromatic carbocycles. The van der Waals surface area contributed by atoms with Gasteiger partial charge in [0.25, 0.3) is 10.1 Å². The molecular weight excluding hydrogens is 328 g/mol. The molecule has 6 fully saturated rings. The molecule has 6 bridgehead atoms. The van der Waals surface area contributed by atoms with Crippen LogP contribution in [0.2, 0.25) is 0 Å². The molecule has 122 valence electrons. The average molecular weight is 348 g/mol. The van der Waals surface area contributed by atoms with Gasteiger partial charge < -0.3 is 0 Å². The Morgan fingerprint density at radius 2 is 1.70 bits per heavy atom. The summed E-state index contributed by atoms with van der Waals surface area (Å²) in [5.41, 5.74) is 1.07. The Labute approximate surface area is 141 Å². The Hall–Kier alpha value is -0.520. The van der Waals surface area contributed by atoms with Gasteiger partial charge in [-0.3, -0.25) is 4.18 Å². The third-order valence-electron chi connectivity index (χ3n) is 7.39. The standard InChI is InChI=1S/C18H20O3S2/c1-8-2-4-9(5-3-8)23(19,20)21-16-14-10-6-7-11-13-12(10)15(16)18(13)22-17(11)14/h2-5,10-18H,6-7H2,1H3. The molecule has 5 aliphatic carbocycles. The smallest absolute Gasteiger partial charge is 0.262 e. The van der Waals surface area contributed by atoms with Gasteiger partial charge in [0, 0.05) is 22.3 Å². The van der Waals surface area contributed by atoms with Crippen molar-refractivity contribution >= 4 is 21.9 Å². The Morgan fingerprint density at radius 3 is 2.48 bits per heavy atom. The van der Waals surface area contributed by atoms with E-state index in [-0.39, 0.29) is 6.10 Å². The fourth-order valence-corrected chi connectivity index (χ4v) is 10.4. The summed E-state index contributed by atoms with van der Waals surface area (Å²) in [7, 11) is -3.64. The largest absolute Gasteiger partial charge is 0.297 e. The lowest BCUT2D eigenvalue weighted by molar-refractivity contribution is -0.0342. The summed E-state index contributed by atoms with van der Waals surface area (Å²) in [4.78, 5) is 0.312. The zero-order valence-electron chi connectivity index (χ0n) is 13.0. The van der Waals surface area contributed by atoms with Gasteiger partial charge >= 0.3 is 0 Å². The molecule has 23 heavy (non-hydrogen) atoms. The molecule has 1 aliphatic heterocycles. The average Bonchev–Trinajstić information content (AvgIpc) is 2.83. The van der Waals surface area contributed by atoms with Crippen LogP contribution in [0.15, 0.2) is 29.2 Å². The van der Waals surface area contributed by atoms with E-state index < -0.39 is 10.1 Å². The second-order valence-corrected chi connectivity index (χ2v) is 11.0. The zero-order valence-corrected chi connectivity index (χ0v) is 14.6. The maximum atomic E-state index is 12.7. The predicted octanol–water partition coefficient (Wildman–Crippen LogP) is 3.08. The predicted molar refractivity (Wildman–Crippen MR) is 88.6 cm³/mol. The normalized spacial score (nSPS) is 51.3. The first-order chi connectivity index (χ1) is 11.1. The van der Waals surface area contributed by atoms with Crippen molar-refractivity contribution in [1.82, 2.24) is 0 Å². The van der Waals surface area contributed by atoms with Crippen LogP contribution >= 0.6 is 11.8 Å². The van der Waals surface area contributed by atoms with Crippen molar-refractivity contribution in [2.75, 3.05) is 0 Å². The first-order valence-corrected chi connectivity index (χ1v) is 11.1. The summed E-state index contributed by atoms with van der Waals surface area (Å²) in [6.07, 6.45) is 2.64. The SMILES string of the molecule is Cc1ccc(S(=O)(=O)OC2C3C4CCC5C3SC3C5C4C23)cc1. The maximum Gasteiger partial charge on any atom is 0.297 e. The van der Waals surface area contributed by atoms with E-state index in [4.69, 9.17) is 4.18 Å². The van der Waals surface area contributed by atoms with Crippen molar-refractivity contribution in [2.24, 2.45) is 35.5 Å². The number of hydrogen-bond donors (Lipinski definition) is 0. The highest BCUT2D eigenvalue weighted by atomic mass is 32.2. The van der Waals surface area contributed by atoms with E-state index in [0.29, 0.717) is 27.2 Å². The summed E-state index contributed by atoms with van der Waals surface area (Å²) in [5.74, 6) is 4.25. The Kier molecular flexibility index (Phi) is 2.49. The third kappa shape index (κ3) is 1.51. The Morgan fingerprint density at radius 1 is 0.957 bits per heavy atom. The lowest BCUT2D eigenvalue weighted by atomic mass is 9.50. The molecule has 0 radical (unpaired) electrons. The molecular formula is C18H20O3S2. The molecule has 5 heteroatoms. The topological polar surface area (TPSA) is 43.4 Å². The number of aryl methyl sites for hydroxylation is 1. The fraction of sp³-hybridized carbons (Fsp3) is 0.667. The summed E-state index contributed by atoms with van der Waals surface area (Å²) >= 11 is 2.18. The van der Waals surface area contributed by atoms with Crippen molar-refractivity contribution < 1.29 is 12.6 Å². The van der Waals surface area contributed by atoms with Crippen LogP contribution in [-0.2, 0) is 14.3 Å². The van der Waals surface area contributed by atoms with Gasteiger partial charge in [-0.05, 0) is 55.6 Å². The number of hydrogen-bond acceptors (Lipinski definition) is 4. The molecule has 0 amide bonds. The molecule has 9 unspecified atom stereocenters. The van der Waals surface area contributed by atoms with Crippen LogP contribution in [0, 0.1) is 42.4 Å². The van der Waals surface area contributed by atoms with Crippen LogP contribution in [0.25, 0.3) is 0 Å². The second kappa shape index (κ2) is 4.17. The second-order valence-electron chi connectivity index (χ2n) is 8.11. The third-order valence-corrected chi connectivity index (χ3v) is 10.6. The summed E-state index contributed by atoms with van der Waals surface area (Å²) in [6, 6.07) is 7.05. The summed E-state index contributed by atoms with van der Waals surface area (Å²) in [6.45, 7) is 1.97. The van der Waals surface area contributed by atoms with E-state index in [0.717, 1.165) is 29.2 Å². The van der Waals surface area contributed by atoms with E-state index in [1.165, 1.54) is 12.8 Å². The van der Waals surface area contributed by atoms with Gasteiger partial charge in [0.05, 0.1) is 11.0 Å². The van der Waals surface area contributed by atoms with Crippen LogP contribution in [-0.4, -0.2) is 25.0 Å². The number of benzene rings is 1. The number of thioether (sulfide) groups is 1. The van der Waals surface area contributed by atoms with Crippen molar-refractivity contribution in [3.8, 4) is 0 Å². The van der Waals surface area contributed by atoms with E-state index in [9.17, 15) is 8.42 Å². The number of rotatable bonds is 3. The minimum Gasteiger partial charge on any atom is -0.262 e. The monoisotopic (exact) mass is 348 g/mol. The Bertz CT molecular complexity index is 783. The van der Waals surface area contributed by atoms with Gasteiger partial charge in [-0.1, -0.05) is 17.7 Å². The van der Waals surface area contributed by atoms with Crippen LogP contribution in [0.3, 0.4) is 0 Å². The fourth-order valence-electron chi connectivity index (χ4n) is 6.72. The number of fused-ring (bicyclic) bond motifs is 2. The molecule has 0 aromatic heterocycles. The highest BCUT2D eigenvalue weighted by Crippen LogP contribution is 2.80. The molecule has 0 spiro atoms. The zero-order chi connectivity index (χ0) is 15.5. The first kappa shape index (κ1) is 13.7. The van der Waals surface area contributed by atoms with Gasteiger partial charge in [0.15, 0.2) is 0 Å². The highest BCUT2D eigenvalue weighted by Gasteiger charge is 2.79. The molecule has 7 rings (SSSR count). The van der Waals surface area contributed by atoms with Gasteiger partial charge in [-0.2, -0.15) is 20.2 Å². The highest BCUT2D eigenvalue weighted by molar-refractivity contribution is 8.01. The minimum absolute atomic E-state index is 0.0471. The van der Waals surface area contributed by atoms with Crippen LogP contribution in [0.4, 0.5) is 0 Å². The quantitative estimate of drug-likeness (QED) is 0.788. The van der Waals surface area contributed by atoms with Gasteiger partial charge in [0.2, 0.25) is 0 Å². The molecule has 1 heterocycles. The van der Waals surface area contributed by atoms with Crippen LogP contribution in [0.5, 0.6) is 0 Å². The van der Waals surface area contributed by atoms with E-state index in [1.54, 1.807) is 12.1 Å². The van der Waals surface area contributed by atoms with Crippen molar-refractivity contribution in [2.45, 2.75) is 41.3 Å². The van der Waals surface area contributed by atoms with E-state index >= 15 is 0 Å². The molecule has 3 nitrogen and oxygen atoms in total. The molecule has 5 saturated carbocycles. The van der Waals surface area contributed by atoms with Crippen LogP contribution in [0.1, 0.15) is 18.4 Å². The van der Waals surface area contributed by atoms with E-state index in [1.807, 2.05) is 19.1 Å². The van der Waals surface area contributed by atoms with Gasteiger partial charge in [-0.15, -0.1) is 0 Å². The Balaban J connectivity index is 1.35.